The summed E-state index contributed by atoms with van der Waals surface area (Å²) in [6, 6.07) is 7.11. The van der Waals surface area contributed by atoms with Crippen molar-refractivity contribution >= 4 is 35.1 Å². The van der Waals surface area contributed by atoms with Crippen LogP contribution in [0.15, 0.2) is 29.3 Å². The standard InChI is InChI=1S/C19H25ClN6O2/c1-3-26-15(21-17-16(26)18(27)22-19(28)23(17)2)12-24-7-9-25(10-8-24)14-6-4-5-13(20)11-14/h4-6,11,16-17H,3,7-10,12H2,1-2H3,(H,22,27,28). The summed E-state index contributed by atoms with van der Waals surface area (Å²) < 4.78 is 0. The second-order valence-corrected chi connectivity index (χ2v) is 7.77. The minimum Gasteiger partial charge on any atom is -0.369 e. The van der Waals surface area contributed by atoms with Gasteiger partial charge < -0.3 is 14.7 Å². The molecule has 2 unspecified atom stereocenters. The van der Waals surface area contributed by atoms with E-state index in [1.165, 1.54) is 4.90 Å². The summed E-state index contributed by atoms with van der Waals surface area (Å²) in [6.45, 7) is 6.99. The normalized spacial score (nSPS) is 25.7. The monoisotopic (exact) mass is 404 g/mol. The number of hydrogen-bond donors (Lipinski definition) is 1. The lowest BCUT2D eigenvalue weighted by atomic mass is 10.1. The molecule has 1 aromatic rings. The Bertz CT molecular complexity index is 807. The molecule has 3 heterocycles. The number of hydrogen-bond acceptors (Lipinski definition) is 6. The SMILES string of the molecule is CCN1C(CN2CCN(c3cccc(Cl)c3)CC2)=NC2C1C(=O)NC(=O)N2C. The molecule has 150 valence electrons. The minimum absolute atomic E-state index is 0.264. The van der Waals surface area contributed by atoms with E-state index >= 15 is 0 Å². The first-order valence-corrected chi connectivity index (χ1v) is 9.99. The lowest BCUT2D eigenvalue weighted by Crippen LogP contribution is -2.64. The van der Waals surface area contributed by atoms with Gasteiger partial charge in [-0.05, 0) is 25.1 Å². The number of anilines is 1. The van der Waals surface area contributed by atoms with Crippen LogP contribution in [0, 0.1) is 0 Å². The second kappa shape index (κ2) is 7.60. The van der Waals surface area contributed by atoms with E-state index in [1.54, 1.807) is 7.05 Å². The van der Waals surface area contributed by atoms with Gasteiger partial charge in [0.1, 0.15) is 5.84 Å². The summed E-state index contributed by atoms with van der Waals surface area (Å²) >= 11 is 6.11. The Morgan fingerprint density at radius 3 is 2.64 bits per heavy atom. The summed E-state index contributed by atoms with van der Waals surface area (Å²) in [5.41, 5.74) is 1.14. The van der Waals surface area contributed by atoms with Crippen molar-refractivity contribution in [2.75, 3.05) is 51.2 Å². The van der Waals surface area contributed by atoms with Crippen molar-refractivity contribution in [3.8, 4) is 0 Å². The van der Waals surface area contributed by atoms with Crippen molar-refractivity contribution in [3.63, 3.8) is 0 Å². The Labute approximate surface area is 169 Å². The predicted octanol–water partition coefficient (Wildman–Crippen LogP) is 1.07. The number of piperazine rings is 1. The molecular weight excluding hydrogens is 380 g/mol. The Hall–Kier alpha value is -2.32. The van der Waals surface area contributed by atoms with E-state index in [2.05, 4.69) is 21.2 Å². The zero-order chi connectivity index (χ0) is 19.8. The van der Waals surface area contributed by atoms with Crippen molar-refractivity contribution in [1.82, 2.24) is 20.0 Å². The van der Waals surface area contributed by atoms with Crippen LogP contribution >= 0.6 is 11.6 Å². The molecule has 2 saturated heterocycles. The number of nitrogens with one attached hydrogen (secondary N) is 1. The van der Waals surface area contributed by atoms with Crippen molar-refractivity contribution < 1.29 is 9.59 Å². The number of aliphatic imine (C=N–C) groups is 1. The van der Waals surface area contributed by atoms with Crippen LogP contribution in [0.4, 0.5) is 10.5 Å². The van der Waals surface area contributed by atoms with Gasteiger partial charge in [0.15, 0.2) is 12.2 Å². The lowest BCUT2D eigenvalue weighted by Gasteiger charge is -2.38. The summed E-state index contributed by atoms with van der Waals surface area (Å²) in [6.07, 6.45) is -0.441. The van der Waals surface area contributed by atoms with Gasteiger partial charge >= 0.3 is 6.03 Å². The quantitative estimate of drug-likeness (QED) is 0.812. The van der Waals surface area contributed by atoms with E-state index in [4.69, 9.17) is 16.6 Å². The molecule has 4 rings (SSSR count). The van der Waals surface area contributed by atoms with Crippen molar-refractivity contribution in [3.05, 3.63) is 29.3 Å². The van der Waals surface area contributed by atoms with E-state index in [1.807, 2.05) is 30.0 Å². The third kappa shape index (κ3) is 3.42. The number of amidine groups is 1. The molecule has 3 aliphatic heterocycles. The number of nitrogens with zero attached hydrogens (tertiary/aromatic N) is 5. The largest absolute Gasteiger partial charge is 0.369 e. The van der Waals surface area contributed by atoms with Crippen molar-refractivity contribution in [2.45, 2.75) is 19.1 Å². The fourth-order valence-electron chi connectivity index (χ4n) is 4.13. The average Bonchev–Trinajstić information content (AvgIpc) is 3.05. The fraction of sp³-hybridized carbons (Fsp3) is 0.526. The molecule has 3 aliphatic rings. The number of urea groups is 1. The van der Waals surface area contributed by atoms with Crippen LogP contribution in [0.25, 0.3) is 0 Å². The molecule has 8 nitrogen and oxygen atoms in total. The summed E-state index contributed by atoms with van der Waals surface area (Å²) in [5.74, 6) is 0.616. The van der Waals surface area contributed by atoms with Gasteiger partial charge in [-0.2, -0.15) is 0 Å². The number of amides is 3. The number of rotatable bonds is 4. The maximum Gasteiger partial charge on any atom is 0.325 e. The molecular formula is C19H25ClN6O2. The van der Waals surface area contributed by atoms with Crippen molar-refractivity contribution in [1.29, 1.82) is 0 Å². The summed E-state index contributed by atoms with van der Waals surface area (Å²) in [7, 11) is 1.68. The van der Waals surface area contributed by atoms with Gasteiger partial charge in [0.25, 0.3) is 5.91 Å². The molecule has 2 fully saturated rings. The highest BCUT2D eigenvalue weighted by Crippen LogP contribution is 2.25. The first-order chi connectivity index (χ1) is 13.5. The fourth-order valence-corrected chi connectivity index (χ4v) is 4.31. The van der Waals surface area contributed by atoms with Gasteiger partial charge in [-0.15, -0.1) is 0 Å². The van der Waals surface area contributed by atoms with Gasteiger partial charge in [0.05, 0.1) is 6.54 Å². The van der Waals surface area contributed by atoms with Gasteiger partial charge in [0.2, 0.25) is 0 Å². The van der Waals surface area contributed by atoms with E-state index in [9.17, 15) is 9.59 Å². The van der Waals surface area contributed by atoms with E-state index in [0.29, 0.717) is 13.1 Å². The predicted molar refractivity (Wildman–Crippen MR) is 109 cm³/mol. The molecule has 3 amide bonds. The topological polar surface area (TPSA) is 71.5 Å². The first-order valence-electron chi connectivity index (χ1n) is 9.61. The number of fused-ring (bicyclic) bond motifs is 1. The molecule has 2 atom stereocenters. The number of halogens is 1. The molecule has 0 radical (unpaired) electrons. The Balaban J connectivity index is 1.42. The third-order valence-electron chi connectivity index (χ3n) is 5.70. The number of likely N-dealkylation sites (N-methyl/N-ethyl adjacent to an activating group) is 2. The van der Waals surface area contributed by atoms with E-state index in [-0.39, 0.29) is 11.9 Å². The highest BCUT2D eigenvalue weighted by Gasteiger charge is 2.48. The molecule has 0 bridgehead atoms. The number of carbonyl (C=O) groups is 2. The van der Waals surface area contributed by atoms with Gasteiger partial charge in [0, 0.05) is 50.5 Å². The molecule has 0 spiro atoms. The van der Waals surface area contributed by atoms with Crippen LogP contribution in [-0.2, 0) is 4.79 Å². The highest BCUT2D eigenvalue weighted by atomic mass is 35.5. The molecule has 0 aliphatic carbocycles. The number of benzene rings is 1. The molecule has 28 heavy (non-hydrogen) atoms. The molecule has 0 saturated carbocycles. The minimum atomic E-state index is -0.441. The number of imide groups is 1. The van der Waals surface area contributed by atoms with Crippen LogP contribution in [0.5, 0.6) is 0 Å². The van der Waals surface area contributed by atoms with Gasteiger partial charge in [-0.1, -0.05) is 17.7 Å². The Kier molecular flexibility index (Phi) is 5.16. The Morgan fingerprint density at radius 2 is 1.96 bits per heavy atom. The van der Waals surface area contributed by atoms with Crippen LogP contribution in [0.1, 0.15) is 6.92 Å². The smallest absolute Gasteiger partial charge is 0.325 e. The Morgan fingerprint density at radius 1 is 1.21 bits per heavy atom. The van der Waals surface area contributed by atoms with Crippen LogP contribution < -0.4 is 10.2 Å². The maximum absolute atomic E-state index is 12.4. The van der Waals surface area contributed by atoms with Gasteiger partial charge in [-0.25, -0.2) is 9.79 Å². The van der Waals surface area contributed by atoms with Crippen LogP contribution in [0.2, 0.25) is 5.02 Å². The second-order valence-electron chi connectivity index (χ2n) is 7.34. The molecule has 0 aromatic heterocycles. The van der Waals surface area contributed by atoms with Crippen LogP contribution in [-0.4, -0.2) is 91.0 Å². The van der Waals surface area contributed by atoms with Crippen molar-refractivity contribution in [2.24, 2.45) is 4.99 Å². The lowest BCUT2D eigenvalue weighted by molar-refractivity contribution is -0.127. The maximum atomic E-state index is 12.4. The molecule has 1 N–H and O–H groups in total. The van der Waals surface area contributed by atoms with E-state index in [0.717, 1.165) is 42.7 Å². The summed E-state index contributed by atoms with van der Waals surface area (Å²) in [5, 5.41) is 3.17. The van der Waals surface area contributed by atoms with E-state index < -0.39 is 12.2 Å². The van der Waals surface area contributed by atoms with Crippen LogP contribution in [0.3, 0.4) is 0 Å². The average molecular weight is 405 g/mol. The first kappa shape index (κ1) is 19.0. The summed E-state index contributed by atoms with van der Waals surface area (Å²) in [4.78, 5) is 37.2. The van der Waals surface area contributed by atoms with Gasteiger partial charge in [-0.3, -0.25) is 15.0 Å². The number of carbonyl (C=O) groups excluding carboxylic acids is 2. The zero-order valence-corrected chi connectivity index (χ0v) is 16.9. The molecule has 9 heteroatoms. The zero-order valence-electron chi connectivity index (χ0n) is 16.1. The molecule has 1 aromatic carbocycles. The third-order valence-corrected chi connectivity index (χ3v) is 5.93. The highest BCUT2D eigenvalue weighted by molar-refractivity contribution is 6.30.